The zero-order valence-corrected chi connectivity index (χ0v) is 13.0. The van der Waals surface area contributed by atoms with Crippen molar-refractivity contribution in [2.45, 2.75) is 19.4 Å². The Kier molecular flexibility index (Phi) is 4.43. The van der Waals surface area contributed by atoms with Gasteiger partial charge in [0.15, 0.2) is 0 Å². The molecule has 0 saturated carbocycles. The van der Waals surface area contributed by atoms with Crippen LogP contribution in [0, 0.1) is 5.92 Å². The van der Waals surface area contributed by atoms with Crippen molar-refractivity contribution < 1.29 is 9.59 Å². The second kappa shape index (κ2) is 6.48. The minimum Gasteiger partial charge on any atom is -0.346 e. The van der Waals surface area contributed by atoms with Crippen molar-refractivity contribution in [3.63, 3.8) is 0 Å². The highest BCUT2D eigenvalue weighted by Crippen LogP contribution is 2.16. The normalized spacial score (nSPS) is 23.9. The van der Waals surface area contributed by atoms with E-state index in [2.05, 4.69) is 41.4 Å². The molecule has 5 nitrogen and oxygen atoms in total. The average Bonchev–Trinajstić information content (AvgIpc) is 2.52. The van der Waals surface area contributed by atoms with Crippen LogP contribution < -0.4 is 5.32 Å². The van der Waals surface area contributed by atoms with Crippen molar-refractivity contribution in [2.75, 3.05) is 32.7 Å². The minimum atomic E-state index is -0.456. The van der Waals surface area contributed by atoms with Crippen molar-refractivity contribution in [2.24, 2.45) is 5.92 Å². The number of hydrogen-bond donors (Lipinski definition) is 1. The van der Waals surface area contributed by atoms with Crippen molar-refractivity contribution in [1.29, 1.82) is 0 Å². The van der Waals surface area contributed by atoms with Crippen molar-refractivity contribution in [3.8, 4) is 0 Å². The Balaban J connectivity index is 1.52. The van der Waals surface area contributed by atoms with Crippen LogP contribution in [0.25, 0.3) is 0 Å². The van der Waals surface area contributed by atoms with Crippen molar-refractivity contribution in [3.05, 3.63) is 35.9 Å². The van der Waals surface area contributed by atoms with E-state index in [-0.39, 0.29) is 11.9 Å². The molecular formula is C17H23N3O2. The van der Waals surface area contributed by atoms with Gasteiger partial charge in [-0.05, 0) is 17.9 Å². The number of carbonyl (C=O) groups is 2. The van der Waals surface area contributed by atoms with E-state index in [0.717, 1.165) is 26.1 Å². The second-order valence-electron chi connectivity index (χ2n) is 6.42. The van der Waals surface area contributed by atoms with E-state index in [1.54, 1.807) is 4.90 Å². The fraction of sp³-hybridized carbons (Fsp3) is 0.529. The van der Waals surface area contributed by atoms with E-state index in [1.807, 2.05) is 6.07 Å². The molecule has 1 aromatic rings. The van der Waals surface area contributed by atoms with Gasteiger partial charge in [0.05, 0.1) is 6.04 Å². The van der Waals surface area contributed by atoms with Gasteiger partial charge in [0.2, 0.25) is 0 Å². The van der Waals surface area contributed by atoms with Crippen molar-refractivity contribution >= 4 is 11.8 Å². The van der Waals surface area contributed by atoms with Gasteiger partial charge in [-0.2, -0.15) is 0 Å². The third kappa shape index (κ3) is 3.30. The van der Waals surface area contributed by atoms with Gasteiger partial charge in [-0.1, -0.05) is 37.3 Å². The number of nitrogens with one attached hydrogen (secondary N) is 1. The summed E-state index contributed by atoms with van der Waals surface area (Å²) in [6, 6.07) is 10.7. The molecular weight excluding hydrogens is 278 g/mol. The molecule has 0 radical (unpaired) electrons. The quantitative estimate of drug-likeness (QED) is 0.825. The number of benzene rings is 1. The molecule has 2 fully saturated rings. The second-order valence-corrected chi connectivity index (χ2v) is 6.42. The van der Waals surface area contributed by atoms with Gasteiger partial charge in [0.1, 0.15) is 0 Å². The summed E-state index contributed by atoms with van der Waals surface area (Å²) in [6.07, 6.45) is 1.07. The Hall–Kier alpha value is -1.88. The number of hydrogen-bond acceptors (Lipinski definition) is 3. The first-order chi connectivity index (χ1) is 10.6. The summed E-state index contributed by atoms with van der Waals surface area (Å²) < 4.78 is 0. The minimum absolute atomic E-state index is 0.128. The largest absolute Gasteiger partial charge is 0.346 e. The van der Waals surface area contributed by atoms with E-state index in [1.165, 1.54) is 5.56 Å². The number of amides is 2. The highest BCUT2D eigenvalue weighted by molar-refractivity contribution is 6.35. The molecule has 0 aliphatic carbocycles. The van der Waals surface area contributed by atoms with Crippen LogP contribution in [0.15, 0.2) is 30.3 Å². The SMILES string of the molecule is C[C@@H](Cc1ccccc1)CN1CCN2C(=O)C(=O)NC[C@@H]2C1. The van der Waals surface area contributed by atoms with Crippen LogP contribution >= 0.6 is 0 Å². The molecule has 1 aromatic carbocycles. The van der Waals surface area contributed by atoms with Crippen LogP contribution in [0.1, 0.15) is 12.5 Å². The number of nitrogens with zero attached hydrogens (tertiary/aromatic N) is 2. The molecule has 2 aliphatic rings. The summed E-state index contributed by atoms with van der Waals surface area (Å²) in [5.41, 5.74) is 1.37. The van der Waals surface area contributed by atoms with Crippen molar-refractivity contribution in [1.82, 2.24) is 15.1 Å². The lowest BCUT2D eigenvalue weighted by atomic mass is 9.99. The lowest BCUT2D eigenvalue weighted by molar-refractivity contribution is -0.152. The number of piperazine rings is 2. The Labute approximate surface area is 131 Å². The van der Waals surface area contributed by atoms with Gasteiger partial charge in [-0.15, -0.1) is 0 Å². The lowest BCUT2D eigenvalue weighted by Gasteiger charge is -2.44. The summed E-state index contributed by atoms with van der Waals surface area (Å²) in [5, 5.41) is 2.69. The van der Waals surface area contributed by atoms with Gasteiger partial charge in [-0.25, -0.2) is 0 Å². The molecule has 2 amide bonds. The first kappa shape index (κ1) is 15.0. The third-order valence-corrected chi connectivity index (χ3v) is 4.52. The molecule has 0 unspecified atom stereocenters. The number of fused-ring (bicyclic) bond motifs is 1. The van der Waals surface area contributed by atoms with Gasteiger partial charge < -0.3 is 10.2 Å². The number of carbonyl (C=O) groups excluding carboxylic acids is 2. The lowest BCUT2D eigenvalue weighted by Crippen LogP contribution is -2.65. The highest BCUT2D eigenvalue weighted by Gasteiger charge is 2.37. The van der Waals surface area contributed by atoms with Crippen LogP contribution in [0.5, 0.6) is 0 Å². The molecule has 2 aliphatic heterocycles. The molecule has 1 N–H and O–H groups in total. The molecule has 22 heavy (non-hydrogen) atoms. The monoisotopic (exact) mass is 301 g/mol. The smallest absolute Gasteiger partial charge is 0.312 e. The molecule has 5 heteroatoms. The van der Waals surface area contributed by atoms with Crippen LogP contribution in [0.2, 0.25) is 0 Å². The maximum absolute atomic E-state index is 11.8. The summed E-state index contributed by atoms with van der Waals surface area (Å²) in [7, 11) is 0. The van der Waals surface area contributed by atoms with E-state index >= 15 is 0 Å². The summed E-state index contributed by atoms with van der Waals surface area (Å²) >= 11 is 0. The zero-order valence-electron chi connectivity index (χ0n) is 13.0. The summed E-state index contributed by atoms with van der Waals surface area (Å²) in [4.78, 5) is 27.4. The van der Waals surface area contributed by atoms with E-state index in [9.17, 15) is 9.59 Å². The Morgan fingerprint density at radius 1 is 1.23 bits per heavy atom. The predicted octanol–water partition coefficient (Wildman–Crippen LogP) is 0.508. The van der Waals surface area contributed by atoms with Gasteiger partial charge in [-0.3, -0.25) is 14.5 Å². The van der Waals surface area contributed by atoms with E-state index < -0.39 is 5.91 Å². The average molecular weight is 301 g/mol. The Bertz CT molecular complexity index is 546. The molecule has 0 aromatic heterocycles. The maximum Gasteiger partial charge on any atom is 0.312 e. The first-order valence-electron chi connectivity index (χ1n) is 7.98. The van der Waals surface area contributed by atoms with Gasteiger partial charge in [0, 0.05) is 32.7 Å². The Morgan fingerprint density at radius 2 is 2.00 bits per heavy atom. The predicted molar refractivity (Wildman–Crippen MR) is 84.3 cm³/mol. The van der Waals surface area contributed by atoms with Crippen LogP contribution in [0.4, 0.5) is 0 Å². The Morgan fingerprint density at radius 3 is 2.77 bits per heavy atom. The topological polar surface area (TPSA) is 52.7 Å². The molecule has 0 spiro atoms. The van der Waals surface area contributed by atoms with E-state index in [0.29, 0.717) is 19.0 Å². The summed E-state index contributed by atoms with van der Waals surface area (Å²) in [6.45, 7) is 6.25. The highest BCUT2D eigenvalue weighted by atomic mass is 16.2. The molecule has 2 saturated heterocycles. The van der Waals surface area contributed by atoms with Gasteiger partial charge >= 0.3 is 11.8 Å². The molecule has 3 rings (SSSR count). The third-order valence-electron chi connectivity index (χ3n) is 4.52. The molecule has 118 valence electrons. The summed E-state index contributed by atoms with van der Waals surface area (Å²) in [5.74, 6) is -0.252. The van der Waals surface area contributed by atoms with Crippen LogP contribution in [-0.4, -0.2) is 60.4 Å². The molecule has 2 atom stereocenters. The van der Waals surface area contributed by atoms with Crippen LogP contribution in [-0.2, 0) is 16.0 Å². The number of rotatable bonds is 4. The fourth-order valence-electron chi connectivity index (χ4n) is 3.47. The zero-order chi connectivity index (χ0) is 15.5. The van der Waals surface area contributed by atoms with E-state index in [4.69, 9.17) is 0 Å². The fourth-order valence-corrected chi connectivity index (χ4v) is 3.47. The first-order valence-corrected chi connectivity index (χ1v) is 7.98. The van der Waals surface area contributed by atoms with Crippen LogP contribution in [0.3, 0.4) is 0 Å². The molecule has 0 bridgehead atoms. The van der Waals surface area contributed by atoms with Gasteiger partial charge in [0.25, 0.3) is 0 Å². The maximum atomic E-state index is 11.8. The molecule has 2 heterocycles. The standard InChI is InChI=1S/C17H23N3O2/c1-13(9-14-5-3-2-4-6-14)11-19-7-8-20-15(12-19)10-18-16(21)17(20)22/h2-6,13,15H,7-12H2,1H3,(H,18,21)/t13-,15+/m0/s1.